The number of carbonyl (C=O) groups is 1. The fourth-order valence-electron chi connectivity index (χ4n) is 4.48. The summed E-state index contributed by atoms with van der Waals surface area (Å²) in [5.41, 5.74) is 1.03. The van der Waals surface area contributed by atoms with Gasteiger partial charge >= 0.3 is 5.69 Å². The third-order valence-corrected chi connectivity index (χ3v) is 6.07. The van der Waals surface area contributed by atoms with Crippen molar-refractivity contribution in [2.75, 3.05) is 5.32 Å². The monoisotopic (exact) mass is 450 g/mol. The van der Waals surface area contributed by atoms with Crippen molar-refractivity contribution in [1.29, 1.82) is 0 Å². The number of benzene rings is 2. The molecule has 8 heteroatoms. The van der Waals surface area contributed by atoms with Gasteiger partial charge in [0.2, 0.25) is 0 Å². The van der Waals surface area contributed by atoms with Crippen LogP contribution in [-0.4, -0.2) is 21.9 Å². The number of aryl methyl sites for hydroxylation is 1. The molecule has 33 heavy (non-hydrogen) atoms. The first-order valence-corrected chi connectivity index (χ1v) is 11.1. The molecule has 2 aromatic carbocycles. The van der Waals surface area contributed by atoms with Crippen molar-refractivity contribution in [3.05, 3.63) is 97.6 Å². The van der Waals surface area contributed by atoms with E-state index in [2.05, 4.69) is 32.7 Å². The highest BCUT2D eigenvalue weighted by Gasteiger charge is 2.25. The molecular formula is C25H27FN4O3. The van der Waals surface area contributed by atoms with Crippen LogP contribution in [0.2, 0.25) is 0 Å². The van der Waals surface area contributed by atoms with Gasteiger partial charge in [-0.15, -0.1) is 0 Å². The number of aromatic nitrogens is 2. The van der Waals surface area contributed by atoms with E-state index < -0.39 is 17.2 Å². The molecule has 1 aliphatic rings. The number of nitrogens with one attached hydrogen (secondary N) is 4. The van der Waals surface area contributed by atoms with E-state index in [1.165, 1.54) is 17.7 Å². The Kier molecular flexibility index (Phi) is 6.72. The zero-order valence-corrected chi connectivity index (χ0v) is 18.4. The molecular weight excluding hydrogens is 423 g/mol. The summed E-state index contributed by atoms with van der Waals surface area (Å²) in [4.78, 5) is 41.8. The lowest BCUT2D eigenvalue weighted by atomic mass is 9.82. The summed E-state index contributed by atoms with van der Waals surface area (Å²) in [6.07, 6.45) is 3.52. The van der Waals surface area contributed by atoms with Gasteiger partial charge in [0, 0.05) is 12.6 Å². The van der Waals surface area contributed by atoms with Gasteiger partial charge in [0.25, 0.3) is 11.5 Å². The highest BCUT2D eigenvalue weighted by Crippen LogP contribution is 2.32. The van der Waals surface area contributed by atoms with Gasteiger partial charge in [-0.3, -0.25) is 14.6 Å². The Morgan fingerprint density at radius 2 is 1.76 bits per heavy atom. The van der Waals surface area contributed by atoms with Crippen LogP contribution < -0.4 is 21.9 Å². The summed E-state index contributed by atoms with van der Waals surface area (Å²) in [6.45, 7) is 1.89. The molecule has 1 aliphatic carbocycles. The van der Waals surface area contributed by atoms with E-state index in [-0.39, 0.29) is 29.8 Å². The predicted molar refractivity (Wildman–Crippen MR) is 125 cm³/mol. The van der Waals surface area contributed by atoms with Crippen LogP contribution in [0.4, 0.5) is 10.1 Å². The Labute approximate surface area is 190 Å². The van der Waals surface area contributed by atoms with E-state index in [9.17, 15) is 18.8 Å². The summed E-state index contributed by atoms with van der Waals surface area (Å²) in [5.74, 6) is -0.434. The zero-order chi connectivity index (χ0) is 23.4. The normalized spacial score (nSPS) is 18.0. The van der Waals surface area contributed by atoms with E-state index in [4.69, 9.17) is 0 Å². The summed E-state index contributed by atoms with van der Waals surface area (Å²) < 4.78 is 13.7. The lowest BCUT2D eigenvalue weighted by Gasteiger charge is -2.29. The standard InChI is InChI=1S/C25H27FN4O3/c1-15-11-16(13-19(26)12-15)14-27-21-22(29-25(33)30-23(21)31)24(32)28-20-9-7-18(8-10-20)17-5-3-2-4-6-17/h2-6,11-13,18,20,27H,7-10,14H2,1H3,(H,28,32)(H2,29,30,31,33)/t18-,20+. The van der Waals surface area contributed by atoms with E-state index in [1.807, 2.05) is 18.2 Å². The van der Waals surface area contributed by atoms with E-state index in [0.717, 1.165) is 31.2 Å². The van der Waals surface area contributed by atoms with Crippen LogP contribution in [0.5, 0.6) is 0 Å². The van der Waals surface area contributed by atoms with Gasteiger partial charge in [-0.25, -0.2) is 9.18 Å². The quantitative estimate of drug-likeness (QED) is 0.460. The molecule has 0 unspecified atom stereocenters. The van der Waals surface area contributed by atoms with Crippen molar-refractivity contribution in [2.24, 2.45) is 0 Å². The Morgan fingerprint density at radius 3 is 2.45 bits per heavy atom. The van der Waals surface area contributed by atoms with Gasteiger partial charge in [-0.05, 0) is 67.3 Å². The number of rotatable bonds is 6. The number of carbonyl (C=O) groups excluding carboxylic acids is 1. The van der Waals surface area contributed by atoms with Crippen molar-refractivity contribution in [1.82, 2.24) is 15.3 Å². The van der Waals surface area contributed by atoms with Crippen LogP contribution >= 0.6 is 0 Å². The molecule has 0 saturated heterocycles. The molecule has 4 rings (SSSR count). The Morgan fingerprint density at radius 1 is 1.03 bits per heavy atom. The second-order valence-corrected chi connectivity index (χ2v) is 8.58. The lowest BCUT2D eigenvalue weighted by Crippen LogP contribution is -2.40. The van der Waals surface area contributed by atoms with Gasteiger partial charge in [-0.2, -0.15) is 0 Å². The average molecular weight is 451 g/mol. The second-order valence-electron chi connectivity index (χ2n) is 8.58. The summed E-state index contributed by atoms with van der Waals surface area (Å²) in [6, 6.07) is 14.8. The molecule has 1 heterocycles. The van der Waals surface area contributed by atoms with Gasteiger partial charge in [-0.1, -0.05) is 36.4 Å². The van der Waals surface area contributed by atoms with Crippen LogP contribution in [-0.2, 0) is 6.54 Å². The first kappa shape index (κ1) is 22.5. The smallest absolute Gasteiger partial charge is 0.326 e. The first-order valence-electron chi connectivity index (χ1n) is 11.1. The molecule has 1 saturated carbocycles. The molecule has 1 fully saturated rings. The third-order valence-electron chi connectivity index (χ3n) is 6.07. The Balaban J connectivity index is 1.45. The maximum Gasteiger partial charge on any atom is 0.326 e. The van der Waals surface area contributed by atoms with Crippen LogP contribution in [0.25, 0.3) is 0 Å². The van der Waals surface area contributed by atoms with Crippen molar-refractivity contribution in [2.45, 2.75) is 51.1 Å². The summed E-state index contributed by atoms with van der Waals surface area (Å²) in [7, 11) is 0. The topological polar surface area (TPSA) is 107 Å². The molecule has 4 N–H and O–H groups in total. The van der Waals surface area contributed by atoms with Crippen molar-refractivity contribution >= 4 is 11.6 Å². The fourth-order valence-corrected chi connectivity index (χ4v) is 4.48. The number of aromatic amines is 2. The largest absolute Gasteiger partial charge is 0.375 e. The molecule has 0 bridgehead atoms. The van der Waals surface area contributed by atoms with Crippen LogP contribution in [0.1, 0.15) is 58.8 Å². The second kappa shape index (κ2) is 9.85. The molecule has 0 spiro atoms. The number of halogens is 1. The Bertz CT molecular complexity index is 1220. The zero-order valence-electron chi connectivity index (χ0n) is 18.4. The van der Waals surface area contributed by atoms with Crippen molar-refractivity contribution < 1.29 is 9.18 Å². The van der Waals surface area contributed by atoms with E-state index >= 15 is 0 Å². The molecule has 1 amide bonds. The maximum absolute atomic E-state index is 13.7. The minimum absolute atomic E-state index is 0.0426. The number of hydrogen-bond acceptors (Lipinski definition) is 4. The van der Waals surface area contributed by atoms with Crippen LogP contribution in [0.3, 0.4) is 0 Å². The molecule has 0 radical (unpaired) electrons. The first-order chi connectivity index (χ1) is 15.9. The fraction of sp³-hybridized carbons (Fsp3) is 0.320. The van der Waals surface area contributed by atoms with Crippen LogP contribution in [0, 0.1) is 12.7 Å². The van der Waals surface area contributed by atoms with Crippen molar-refractivity contribution in [3.8, 4) is 0 Å². The Hall–Kier alpha value is -3.68. The van der Waals surface area contributed by atoms with E-state index in [0.29, 0.717) is 11.5 Å². The van der Waals surface area contributed by atoms with Gasteiger partial charge in [0.1, 0.15) is 17.2 Å². The third kappa shape index (κ3) is 5.58. The number of anilines is 1. The maximum atomic E-state index is 13.7. The minimum atomic E-state index is -0.759. The molecule has 7 nitrogen and oxygen atoms in total. The highest BCUT2D eigenvalue weighted by molar-refractivity contribution is 5.97. The average Bonchev–Trinajstić information content (AvgIpc) is 2.78. The number of H-pyrrole nitrogens is 2. The summed E-state index contributed by atoms with van der Waals surface area (Å²) in [5, 5.41) is 5.84. The molecule has 0 atom stereocenters. The molecule has 1 aromatic heterocycles. The summed E-state index contributed by atoms with van der Waals surface area (Å²) >= 11 is 0. The van der Waals surface area contributed by atoms with Crippen LogP contribution in [0.15, 0.2) is 58.1 Å². The SMILES string of the molecule is Cc1cc(F)cc(CNc2c(C(=O)N[C@H]3CC[C@@H](c4ccccc4)CC3)[nH]c(=O)[nH]c2=O)c1. The minimum Gasteiger partial charge on any atom is -0.375 e. The lowest BCUT2D eigenvalue weighted by molar-refractivity contribution is 0.0921. The molecule has 0 aliphatic heterocycles. The highest BCUT2D eigenvalue weighted by atomic mass is 19.1. The molecule has 3 aromatic rings. The number of hydrogen-bond donors (Lipinski definition) is 4. The predicted octanol–water partition coefficient (Wildman–Crippen LogP) is 3.58. The van der Waals surface area contributed by atoms with Gasteiger partial charge in [0.15, 0.2) is 0 Å². The van der Waals surface area contributed by atoms with Crippen molar-refractivity contribution in [3.63, 3.8) is 0 Å². The molecule has 172 valence electrons. The van der Waals surface area contributed by atoms with Gasteiger partial charge in [0.05, 0.1) is 0 Å². The number of amides is 1. The van der Waals surface area contributed by atoms with E-state index in [1.54, 1.807) is 13.0 Å². The van der Waals surface area contributed by atoms with Gasteiger partial charge < -0.3 is 15.6 Å².